The first-order chi connectivity index (χ1) is 9.57. The molecule has 1 fully saturated rings. The number of nitrogens with zero attached hydrogens (tertiary/aromatic N) is 1. The lowest BCUT2D eigenvalue weighted by Gasteiger charge is -2.39. The minimum atomic E-state index is -0.901. The van der Waals surface area contributed by atoms with Crippen LogP contribution in [0.5, 0.6) is 0 Å². The molecule has 1 aliphatic rings. The van der Waals surface area contributed by atoms with Crippen LogP contribution in [0.3, 0.4) is 0 Å². The van der Waals surface area contributed by atoms with Crippen LogP contribution in [0.25, 0.3) is 0 Å². The maximum absolute atomic E-state index is 10.8. The molecule has 3 heteroatoms. The van der Waals surface area contributed by atoms with Gasteiger partial charge >= 0.3 is 0 Å². The second kappa shape index (κ2) is 6.70. The second-order valence-electron chi connectivity index (χ2n) is 6.25. The van der Waals surface area contributed by atoms with Crippen molar-refractivity contribution in [2.45, 2.75) is 44.8 Å². The minimum Gasteiger partial charge on any atom is -0.384 e. The van der Waals surface area contributed by atoms with Crippen molar-refractivity contribution in [1.29, 1.82) is 0 Å². The monoisotopic (exact) mass is 276 g/mol. The molecular formula is C17H28N2O. The van der Waals surface area contributed by atoms with E-state index >= 15 is 0 Å². The highest BCUT2D eigenvalue weighted by atomic mass is 16.3. The molecule has 0 spiro atoms. The van der Waals surface area contributed by atoms with E-state index in [0.717, 1.165) is 24.6 Å². The van der Waals surface area contributed by atoms with Crippen LogP contribution in [-0.2, 0) is 5.60 Å². The summed E-state index contributed by atoms with van der Waals surface area (Å²) in [6, 6.07) is 10.4. The lowest BCUT2D eigenvalue weighted by Crippen LogP contribution is -2.46. The summed E-state index contributed by atoms with van der Waals surface area (Å²) < 4.78 is 0. The van der Waals surface area contributed by atoms with E-state index in [-0.39, 0.29) is 6.54 Å². The van der Waals surface area contributed by atoms with Gasteiger partial charge in [0.25, 0.3) is 0 Å². The maximum atomic E-state index is 10.8. The predicted octanol–water partition coefficient (Wildman–Crippen LogP) is 2.34. The van der Waals surface area contributed by atoms with Gasteiger partial charge in [0.1, 0.15) is 5.60 Å². The summed E-state index contributed by atoms with van der Waals surface area (Å²) in [5.74, 6) is 0.742. The Kier molecular flexibility index (Phi) is 5.19. The molecule has 112 valence electrons. The van der Waals surface area contributed by atoms with Crippen LogP contribution in [0.2, 0.25) is 0 Å². The molecule has 3 unspecified atom stereocenters. The van der Waals surface area contributed by atoms with Gasteiger partial charge in [-0.2, -0.15) is 0 Å². The van der Waals surface area contributed by atoms with Crippen LogP contribution >= 0.6 is 0 Å². The van der Waals surface area contributed by atoms with Gasteiger partial charge in [0, 0.05) is 19.1 Å². The Balaban J connectivity index is 2.00. The van der Waals surface area contributed by atoms with E-state index in [1.807, 2.05) is 30.3 Å². The van der Waals surface area contributed by atoms with Crippen molar-refractivity contribution < 1.29 is 5.11 Å². The van der Waals surface area contributed by atoms with Gasteiger partial charge in [-0.05, 0) is 44.2 Å². The summed E-state index contributed by atoms with van der Waals surface area (Å²) in [6.07, 6.45) is 3.28. The molecule has 20 heavy (non-hydrogen) atoms. The van der Waals surface area contributed by atoms with Gasteiger partial charge in [-0.15, -0.1) is 0 Å². The number of rotatable bonds is 5. The highest BCUT2D eigenvalue weighted by molar-refractivity contribution is 5.22. The van der Waals surface area contributed by atoms with Gasteiger partial charge in [-0.25, -0.2) is 0 Å². The van der Waals surface area contributed by atoms with Crippen molar-refractivity contribution in [2.75, 3.05) is 19.6 Å². The minimum absolute atomic E-state index is 0.273. The zero-order valence-corrected chi connectivity index (χ0v) is 12.8. The van der Waals surface area contributed by atoms with Gasteiger partial charge < -0.3 is 15.7 Å². The fraction of sp³-hybridized carbons (Fsp3) is 0.647. The molecule has 0 bridgehead atoms. The van der Waals surface area contributed by atoms with Crippen molar-refractivity contribution in [3.8, 4) is 0 Å². The number of hydrogen-bond donors (Lipinski definition) is 2. The number of benzene rings is 1. The molecule has 3 N–H and O–H groups in total. The molecule has 0 saturated carbocycles. The Labute approximate surface area is 122 Å². The smallest absolute Gasteiger partial charge is 0.103 e. The van der Waals surface area contributed by atoms with Gasteiger partial charge in [0.05, 0.1) is 0 Å². The first-order valence-corrected chi connectivity index (χ1v) is 7.79. The largest absolute Gasteiger partial charge is 0.384 e. The van der Waals surface area contributed by atoms with E-state index in [0.29, 0.717) is 12.5 Å². The van der Waals surface area contributed by atoms with Crippen molar-refractivity contribution in [2.24, 2.45) is 11.7 Å². The molecule has 1 aliphatic heterocycles. The molecular weight excluding hydrogens is 248 g/mol. The van der Waals surface area contributed by atoms with Crippen molar-refractivity contribution in [1.82, 2.24) is 4.90 Å². The molecule has 0 aliphatic carbocycles. The topological polar surface area (TPSA) is 49.5 Å². The average molecular weight is 276 g/mol. The molecule has 3 nitrogen and oxygen atoms in total. The van der Waals surface area contributed by atoms with Crippen LogP contribution in [0, 0.1) is 5.92 Å². The Morgan fingerprint density at radius 2 is 2.00 bits per heavy atom. The number of piperidine rings is 1. The van der Waals surface area contributed by atoms with Crippen LogP contribution in [-0.4, -0.2) is 35.7 Å². The van der Waals surface area contributed by atoms with Crippen molar-refractivity contribution >= 4 is 0 Å². The Morgan fingerprint density at radius 1 is 1.30 bits per heavy atom. The zero-order chi connectivity index (χ0) is 14.6. The summed E-state index contributed by atoms with van der Waals surface area (Å²) in [4.78, 5) is 2.50. The summed E-state index contributed by atoms with van der Waals surface area (Å²) in [5.41, 5.74) is 5.88. The summed E-state index contributed by atoms with van der Waals surface area (Å²) >= 11 is 0. The molecule has 1 aromatic rings. The van der Waals surface area contributed by atoms with E-state index in [4.69, 9.17) is 5.73 Å². The van der Waals surface area contributed by atoms with E-state index in [2.05, 4.69) is 18.7 Å². The van der Waals surface area contributed by atoms with Crippen molar-refractivity contribution in [3.63, 3.8) is 0 Å². The lowest BCUT2D eigenvalue weighted by atomic mass is 9.88. The first-order valence-electron chi connectivity index (χ1n) is 7.79. The van der Waals surface area contributed by atoms with E-state index in [1.165, 1.54) is 12.8 Å². The van der Waals surface area contributed by atoms with Crippen LogP contribution in [0.1, 0.15) is 38.7 Å². The van der Waals surface area contributed by atoms with E-state index < -0.39 is 5.60 Å². The quantitative estimate of drug-likeness (QED) is 0.868. The van der Waals surface area contributed by atoms with E-state index in [1.54, 1.807) is 0 Å². The van der Waals surface area contributed by atoms with Crippen LogP contribution in [0.4, 0.5) is 0 Å². The molecule has 0 aromatic heterocycles. The molecule has 0 radical (unpaired) electrons. The van der Waals surface area contributed by atoms with Crippen LogP contribution in [0.15, 0.2) is 30.3 Å². The van der Waals surface area contributed by atoms with Gasteiger partial charge in [-0.3, -0.25) is 0 Å². The molecule has 0 amide bonds. The number of likely N-dealkylation sites (tertiary alicyclic amines) is 1. The third kappa shape index (κ3) is 3.40. The predicted molar refractivity (Wildman–Crippen MR) is 83.4 cm³/mol. The molecule has 1 saturated heterocycles. The van der Waals surface area contributed by atoms with Crippen LogP contribution < -0.4 is 5.73 Å². The third-order valence-electron chi connectivity index (χ3n) is 4.97. The standard InChI is InChI=1S/C17H28N2O/c1-14-7-6-11-19(15(14)2)12-10-17(20,13-18)16-8-4-3-5-9-16/h3-5,8-9,14-15,20H,6-7,10-13,18H2,1-2H3. The zero-order valence-electron chi connectivity index (χ0n) is 12.8. The van der Waals surface area contributed by atoms with Gasteiger partial charge in [-0.1, -0.05) is 37.3 Å². The SMILES string of the molecule is CC1CCCN(CCC(O)(CN)c2ccccc2)C1C. The third-order valence-corrected chi connectivity index (χ3v) is 4.97. The Bertz CT molecular complexity index is 409. The molecule has 3 atom stereocenters. The average Bonchev–Trinajstić information content (AvgIpc) is 2.49. The number of hydrogen-bond acceptors (Lipinski definition) is 3. The van der Waals surface area contributed by atoms with E-state index in [9.17, 15) is 5.11 Å². The normalized spacial score (nSPS) is 27.2. The van der Waals surface area contributed by atoms with Gasteiger partial charge in [0.2, 0.25) is 0 Å². The molecule has 2 rings (SSSR count). The highest BCUT2D eigenvalue weighted by Gasteiger charge is 2.30. The summed E-state index contributed by atoms with van der Waals surface area (Å²) in [6.45, 7) is 6.95. The summed E-state index contributed by atoms with van der Waals surface area (Å²) in [5, 5.41) is 10.8. The molecule has 1 heterocycles. The fourth-order valence-corrected chi connectivity index (χ4v) is 3.18. The fourth-order valence-electron chi connectivity index (χ4n) is 3.18. The highest BCUT2D eigenvalue weighted by Crippen LogP contribution is 2.27. The van der Waals surface area contributed by atoms with Gasteiger partial charge in [0.15, 0.2) is 0 Å². The summed E-state index contributed by atoms with van der Waals surface area (Å²) in [7, 11) is 0. The lowest BCUT2D eigenvalue weighted by molar-refractivity contribution is 0.0123. The first kappa shape index (κ1) is 15.5. The Morgan fingerprint density at radius 3 is 2.65 bits per heavy atom. The maximum Gasteiger partial charge on any atom is 0.103 e. The second-order valence-corrected chi connectivity index (χ2v) is 6.25. The molecule has 1 aromatic carbocycles. The Hall–Kier alpha value is -0.900. The number of nitrogens with two attached hydrogens (primary N) is 1. The number of aliphatic hydroxyl groups is 1. The van der Waals surface area contributed by atoms with Crippen molar-refractivity contribution in [3.05, 3.63) is 35.9 Å².